The highest BCUT2D eigenvalue weighted by molar-refractivity contribution is 5.82. The molecule has 0 radical (unpaired) electrons. The van der Waals surface area contributed by atoms with Gasteiger partial charge in [-0.05, 0) is 30.3 Å². The summed E-state index contributed by atoms with van der Waals surface area (Å²) >= 11 is 0. The molecular formula is C24H25N5O3. The Morgan fingerprint density at radius 2 is 1.66 bits per heavy atom. The molecule has 0 bridgehead atoms. The lowest BCUT2D eigenvalue weighted by Crippen LogP contribution is -2.21. The molecule has 0 fully saturated rings. The molecule has 4 aromatic rings. The van der Waals surface area contributed by atoms with Crippen molar-refractivity contribution < 1.29 is 14.6 Å². The number of aromatic nitrogens is 3. The van der Waals surface area contributed by atoms with E-state index in [-0.39, 0.29) is 6.61 Å². The number of rotatable bonds is 8. The Morgan fingerprint density at radius 1 is 0.875 bits per heavy atom. The van der Waals surface area contributed by atoms with Crippen LogP contribution in [0.5, 0.6) is 11.5 Å². The molecule has 0 atom stereocenters. The maximum Gasteiger partial charge on any atom is 0.124 e. The highest BCUT2D eigenvalue weighted by Crippen LogP contribution is 2.34. The third kappa shape index (κ3) is 4.46. The normalized spacial score (nSPS) is 10.9. The van der Waals surface area contributed by atoms with Gasteiger partial charge in [-0.2, -0.15) is 0 Å². The number of methoxy groups -OCH3 is 2. The number of hydrogen-bond acceptors (Lipinski definition) is 8. The Hall–Kier alpha value is -3.75. The van der Waals surface area contributed by atoms with Gasteiger partial charge in [-0.3, -0.25) is 9.97 Å². The third-order valence-electron chi connectivity index (χ3n) is 5.14. The predicted molar refractivity (Wildman–Crippen MR) is 124 cm³/mol. The summed E-state index contributed by atoms with van der Waals surface area (Å²) in [5.41, 5.74) is 11.3. The average Bonchev–Trinajstić information content (AvgIpc) is 2.86. The van der Waals surface area contributed by atoms with Crippen molar-refractivity contribution in [3.63, 3.8) is 0 Å². The smallest absolute Gasteiger partial charge is 0.124 e. The van der Waals surface area contributed by atoms with Crippen LogP contribution < -0.4 is 20.1 Å². The molecule has 0 saturated carbocycles. The second-order valence-electron chi connectivity index (χ2n) is 7.12. The summed E-state index contributed by atoms with van der Waals surface area (Å²) in [5.74, 6) is 1.33. The van der Waals surface area contributed by atoms with Gasteiger partial charge in [0.25, 0.3) is 0 Å². The summed E-state index contributed by atoms with van der Waals surface area (Å²) in [4.78, 5) is 15.7. The Labute approximate surface area is 186 Å². The fourth-order valence-corrected chi connectivity index (χ4v) is 3.46. The Bertz CT molecular complexity index is 1190. The molecule has 0 unspecified atom stereocenters. The van der Waals surface area contributed by atoms with Gasteiger partial charge in [0.15, 0.2) is 0 Å². The highest BCUT2D eigenvalue weighted by atomic mass is 16.5. The molecule has 0 aliphatic rings. The molecule has 164 valence electrons. The zero-order chi connectivity index (χ0) is 22.5. The second-order valence-corrected chi connectivity index (χ2v) is 7.12. The number of nitrogens with zero attached hydrogens (tertiary/aromatic N) is 4. The standard InChI is InChI=1S/C24H25N5O3/c1-31-20-9-19(10-21(12-20)32-2)29(7-8-30)18-5-6-22-23(11-18)28-24(15-27-22)16-3-4-17(13-25)26-14-16/h3-6,9-12,14-15,30H,7-8,13,25H2,1-2H3. The second kappa shape index (κ2) is 9.59. The fourth-order valence-electron chi connectivity index (χ4n) is 3.46. The lowest BCUT2D eigenvalue weighted by atomic mass is 10.1. The topological polar surface area (TPSA) is 107 Å². The van der Waals surface area contributed by atoms with Gasteiger partial charge in [-0.1, -0.05) is 0 Å². The van der Waals surface area contributed by atoms with Crippen LogP contribution in [0.15, 0.2) is 60.9 Å². The molecule has 32 heavy (non-hydrogen) atoms. The van der Waals surface area contributed by atoms with E-state index < -0.39 is 0 Å². The number of nitrogens with two attached hydrogens (primary N) is 1. The summed E-state index contributed by atoms with van der Waals surface area (Å²) in [5, 5.41) is 9.71. The Balaban J connectivity index is 1.76. The minimum atomic E-state index is -0.0254. The van der Waals surface area contributed by atoms with Gasteiger partial charge >= 0.3 is 0 Å². The molecule has 0 saturated heterocycles. The summed E-state index contributed by atoms with van der Waals surface area (Å²) in [7, 11) is 3.22. The van der Waals surface area contributed by atoms with Crippen LogP contribution in [0.25, 0.3) is 22.3 Å². The molecule has 4 rings (SSSR count). The minimum absolute atomic E-state index is 0.0254. The first-order chi connectivity index (χ1) is 15.6. The molecule has 2 aromatic heterocycles. The number of hydrogen-bond donors (Lipinski definition) is 2. The van der Waals surface area contributed by atoms with Crippen LogP contribution in [0.3, 0.4) is 0 Å². The van der Waals surface area contributed by atoms with E-state index in [2.05, 4.69) is 9.97 Å². The van der Waals surface area contributed by atoms with Crippen LogP contribution in [0.2, 0.25) is 0 Å². The molecule has 2 heterocycles. The van der Waals surface area contributed by atoms with Crippen LogP contribution in [-0.4, -0.2) is 47.4 Å². The number of ether oxygens (including phenoxy) is 2. The van der Waals surface area contributed by atoms with E-state index in [9.17, 15) is 5.11 Å². The van der Waals surface area contributed by atoms with E-state index in [1.54, 1.807) is 26.6 Å². The van der Waals surface area contributed by atoms with Gasteiger partial charge < -0.3 is 25.2 Å². The fraction of sp³-hybridized carbons (Fsp3) is 0.208. The minimum Gasteiger partial charge on any atom is -0.497 e. The van der Waals surface area contributed by atoms with Crippen LogP contribution >= 0.6 is 0 Å². The van der Waals surface area contributed by atoms with Crippen molar-refractivity contribution in [2.45, 2.75) is 6.54 Å². The molecular weight excluding hydrogens is 406 g/mol. The van der Waals surface area contributed by atoms with Crippen LogP contribution in [0.1, 0.15) is 5.69 Å². The zero-order valence-corrected chi connectivity index (χ0v) is 18.0. The molecule has 2 aromatic carbocycles. The summed E-state index contributed by atoms with van der Waals surface area (Å²) in [6.07, 6.45) is 3.49. The summed E-state index contributed by atoms with van der Waals surface area (Å²) < 4.78 is 10.8. The number of aliphatic hydroxyl groups is 1. The molecule has 3 N–H and O–H groups in total. The lowest BCUT2D eigenvalue weighted by Gasteiger charge is -2.25. The highest BCUT2D eigenvalue weighted by Gasteiger charge is 2.14. The van der Waals surface area contributed by atoms with Gasteiger partial charge in [0.2, 0.25) is 0 Å². The Kier molecular flexibility index (Phi) is 6.44. The van der Waals surface area contributed by atoms with Gasteiger partial charge in [0, 0.05) is 54.4 Å². The maximum atomic E-state index is 9.71. The molecule has 0 amide bonds. The van der Waals surface area contributed by atoms with Crippen LogP contribution in [0, 0.1) is 0 Å². The zero-order valence-electron chi connectivity index (χ0n) is 18.0. The molecule has 0 aliphatic heterocycles. The monoisotopic (exact) mass is 431 g/mol. The molecule has 8 heteroatoms. The lowest BCUT2D eigenvalue weighted by molar-refractivity contribution is 0.305. The first-order valence-electron chi connectivity index (χ1n) is 10.2. The van der Waals surface area contributed by atoms with Crippen LogP contribution in [-0.2, 0) is 6.54 Å². The maximum absolute atomic E-state index is 9.71. The predicted octanol–water partition coefficient (Wildman–Crippen LogP) is 3.30. The van der Waals surface area contributed by atoms with Gasteiger partial charge in [-0.25, -0.2) is 4.98 Å². The number of aliphatic hydroxyl groups excluding tert-OH is 1. The number of anilines is 2. The number of fused-ring (bicyclic) bond motifs is 1. The van der Waals surface area contributed by atoms with E-state index in [0.717, 1.165) is 39.4 Å². The largest absolute Gasteiger partial charge is 0.497 e. The third-order valence-corrected chi connectivity index (χ3v) is 5.14. The van der Waals surface area contributed by atoms with Crippen molar-refractivity contribution in [1.82, 2.24) is 15.0 Å². The van der Waals surface area contributed by atoms with Crippen molar-refractivity contribution in [1.29, 1.82) is 0 Å². The molecule has 0 aliphatic carbocycles. The molecule has 0 spiro atoms. The van der Waals surface area contributed by atoms with Gasteiger partial charge in [-0.15, -0.1) is 0 Å². The van der Waals surface area contributed by atoms with E-state index in [1.807, 2.05) is 53.4 Å². The first-order valence-corrected chi connectivity index (χ1v) is 10.2. The van der Waals surface area contributed by atoms with Crippen molar-refractivity contribution >= 4 is 22.4 Å². The van der Waals surface area contributed by atoms with E-state index in [0.29, 0.717) is 24.6 Å². The quantitative estimate of drug-likeness (QED) is 0.438. The van der Waals surface area contributed by atoms with Crippen molar-refractivity contribution in [3.05, 3.63) is 66.6 Å². The average molecular weight is 431 g/mol. The van der Waals surface area contributed by atoms with Gasteiger partial charge in [0.05, 0.1) is 49.4 Å². The van der Waals surface area contributed by atoms with Crippen molar-refractivity contribution in [2.75, 3.05) is 32.3 Å². The Morgan fingerprint density at radius 3 is 2.28 bits per heavy atom. The summed E-state index contributed by atoms with van der Waals surface area (Å²) in [6.45, 7) is 0.755. The number of benzene rings is 2. The first kappa shape index (κ1) is 21.5. The van der Waals surface area contributed by atoms with Crippen molar-refractivity contribution in [2.24, 2.45) is 5.73 Å². The van der Waals surface area contributed by atoms with Gasteiger partial charge in [0.1, 0.15) is 11.5 Å². The molecule has 8 nitrogen and oxygen atoms in total. The SMILES string of the molecule is COc1cc(OC)cc(N(CCO)c2ccc3ncc(-c4ccc(CN)nc4)nc3c2)c1. The van der Waals surface area contributed by atoms with E-state index >= 15 is 0 Å². The van der Waals surface area contributed by atoms with Crippen LogP contribution in [0.4, 0.5) is 11.4 Å². The summed E-state index contributed by atoms with van der Waals surface area (Å²) in [6, 6.07) is 15.3. The number of pyridine rings is 1. The van der Waals surface area contributed by atoms with E-state index in [1.165, 1.54) is 0 Å². The van der Waals surface area contributed by atoms with Crippen molar-refractivity contribution in [3.8, 4) is 22.8 Å². The van der Waals surface area contributed by atoms with E-state index in [4.69, 9.17) is 20.2 Å².